The lowest BCUT2D eigenvalue weighted by Gasteiger charge is -2.14. The first kappa shape index (κ1) is 29.5. The van der Waals surface area contributed by atoms with E-state index in [0.717, 1.165) is 37.6 Å². The number of carbonyl (C=O) groups excluding carboxylic acids is 1. The van der Waals surface area contributed by atoms with Crippen molar-refractivity contribution in [3.05, 3.63) is 48.2 Å². The van der Waals surface area contributed by atoms with E-state index in [0.29, 0.717) is 18.1 Å². The quantitative estimate of drug-likeness (QED) is 0.158. The summed E-state index contributed by atoms with van der Waals surface area (Å²) < 4.78 is 54.2. The Morgan fingerprint density at radius 2 is 1.39 bits per heavy atom. The van der Waals surface area contributed by atoms with E-state index in [-0.39, 0.29) is 5.88 Å². The van der Waals surface area contributed by atoms with Gasteiger partial charge in [0.1, 0.15) is 11.5 Å². The number of alkyl halides is 3. The summed E-state index contributed by atoms with van der Waals surface area (Å²) in [5, 5.41) is 0. The molecule has 0 saturated heterocycles. The Balaban J connectivity index is 1.59. The molecule has 0 aliphatic rings. The van der Waals surface area contributed by atoms with E-state index in [2.05, 4.69) is 11.9 Å². The third-order valence-electron chi connectivity index (χ3n) is 5.75. The number of nitrogens with zero attached hydrogens (tertiary/aromatic N) is 1. The van der Waals surface area contributed by atoms with Crippen molar-refractivity contribution in [3.63, 3.8) is 0 Å². The normalized spacial score (nSPS) is 12.2. The molecule has 0 fully saturated rings. The molecule has 2 aromatic rings. The Hall–Kier alpha value is -2.77. The highest BCUT2D eigenvalue weighted by molar-refractivity contribution is 5.74. The van der Waals surface area contributed by atoms with E-state index in [1.54, 1.807) is 31.2 Å². The molecule has 1 heterocycles. The molecule has 5 nitrogen and oxygen atoms in total. The van der Waals surface area contributed by atoms with Gasteiger partial charge in [-0.1, -0.05) is 71.1 Å². The molecule has 36 heavy (non-hydrogen) atoms. The zero-order chi connectivity index (χ0) is 26.2. The molecule has 0 amide bonds. The molecule has 0 bridgehead atoms. The molecule has 1 unspecified atom stereocenters. The largest absolute Gasteiger partial charge is 0.479 e. The lowest BCUT2D eigenvalue weighted by molar-refractivity contribution is -0.151. The van der Waals surface area contributed by atoms with Crippen LogP contribution in [0.5, 0.6) is 17.4 Å². The zero-order valence-electron chi connectivity index (χ0n) is 21.3. The fraction of sp³-hybridized carbons (Fsp3) is 0.571. The Morgan fingerprint density at radius 1 is 0.833 bits per heavy atom. The number of aromatic nitrogens is 1. The van der Waals surface area contributed by atoms with Crippen LogP contribution < -0.4 is 9.47 Å². The van der Waals surface area contributed by atoms with Gasteiger partial charge in [-0.25, -0.2) is 9.78 Å². The van der Waals surface area contributed by atoms with Crippen molar-refractivity contribution >= 4 is 5.97 Å². The summed E-state index contributed by atoms with van der Waals surface area (Å²) in [5.41, 5.74) is -0.844. The standard InChI is InChI=1S/C28H38F3NO4/c1-3-4-5-6-7-8-9-10-11-12-13-20-34-27(33)22(2)35-24-15-17-25(18-16-24)36-26-19-14-23(21-32-26)28(29,30)31/h14-19,21-22H,3-13,20H2,1-2H3. The van der Waals surface area contributed by atoms with Gasteiger partial charge in [0.2, 0.25) is 5.88 Å². The van der Waals surface area contributed by atoms with Crippen molar-refractivity contribution in [3.8, 4) is 17.4 Å². The van der Waals surface area contributed by atoms with Gasteiger partial charge in [0.05, 0.1) is 12.2 Å². The first-order valence-electron chi connectivity index (χ1n) is 12.9. The van der Waals surface area contributed by atoms with Crippen LogP contribution in [0.1, 0.15) is 90.0 Å². The summed E-state index contributed by atoms with van der Waals surface area (Å²) in [6.07, 6.45) is 9.05. The van der Waals surface area contributed by atoms with E-state index in [4.69, 9.17) is 14.2 Å². The van der Waals surface area contributed by atoms with Crippen LogP contribution in [0.25, 0.3) is 0 Å². The number of hydrogen-bond donors (Lipinski definition) is 0. The highest BCUT2D eigenvalue weighted by atomic mass is 19.4. The molecule has 1 aromatic carbocycles. The number of rotatable bonds is 17. The van der Waals surface area contributed by atoms with Crippen LogP contribution in [-0.2, 0) is 15.7 Å². The molecular weight excluding hydrogens is 471 g/mol. The van der Waals surface area contributed by atoms with Crippen LogP contribution in [0, 0.1) is 0 Å². The second kappa shape index (κ2) is 16.1. The van der Waals surface area contributed by atoms with Gasteiger partial charge in [-0.3, -0.25) is 0 Å². The van der Waals surface area contributed by atoms with Crippen molar-refractivity contribution in [1.29, 1.82) is 0 Å². The van der Waals surface area contributed by atoms with Crippen molar-refractivity contribution in [2.75, 3.05) is 6.61 Å². The average molecular weight is 510 g/mol. The molecule has 0 aliphatic carbocycles. The summed E-state index contributed by atoms with van der Waals surface area (Å²) in [4.78, 5) is 15.8. The predicted molar refractivity (Wildman–Crippen MR) is 133 cm³/mol. The van der Waals surface area contributed by atoms with E-state index >= 15 is 0 Å². The minimum atomic E-state index is -4.45. The minimum Gasteiger partial charge on any atom is -0.479 e. The highest BCUT2D eigenvalue weighted by Crippen LogP contribution is 2.30. The van der Waals surface area contributed by atoms with Crippen LogP contribution in [0.3, 0.4) is 0 Å². The summed E-state index contributed by atoms with van der Waals surface area (Å²) in [6, 6.07) is 8.43. The van der Waals surface area contributed by atoms with Crippen molar-refractivity contribution in [2.45, 2.75) is 96.8 Å². The molecule has 1 aromatic heterocycles. The fourth-order valence-corrected chi connectivity index (χ4v) is 3.62. The number of halogens is 3. The molecule has 2 rings (SSSR count). The molecule has 0 spiro atoms. The number of hydrogen-bond acceptors (Lipinski definition) is 5. The van der Waals surface area contributed by atoms with Crippen LogP contribution in [0.4, 0.5) is 13.2 Å². The highest BCUT2D eigenvalue weighted by Gasteiger charge is 2.30. The summed E-state index contributed by atoms with van der Waals surface area (Å²) in [7, 11) is 0. The molecule has 0 N–H and O–H groups in total. The molecule has 0 radical (unpaired) electrons. The predicted octanol–water partition coefficient (Wildman–Crippen LogP) is 8.51. The Morgan fingerprint density at radius 3 is 1.92 bits per heavy atom. The second-order valence-corrected chi connectivity index (χ2v) is 8.92. The van der Waals surface area contributed by atoms with Gasteiger partial charge < -0.3 is 14.2 Å². The molecule has 200 valence electrons. The van der Waals surface area contributed by atoms with Crippen LogP contribution in [0.15, 0.2) is 42.6 Å². The fourth-order valence-electron chi connectivity index (χ4n) is 3.62. The topological polar surface area (TPSA) is 57.7 Å². The summed E-state index contributed by atoms with van der Waals surface area (Å²) >= 11 is 0. The Kier molecular flexibility index (Phi) is 13.1. The lowest BCUT2D eigenvalue weighted by atomic mass is 10.1. The maximum atomic E-state index is 12.6. The zero-order valence-corrected chi connectivity index (χ0v) is 21.3. The van der Waals surface area contributed by atoms with Gasteiger partial charge in [0, 0.05) is 12.3 Å². The number of esters is 1. The first-order chi connectivity index (χ1) is 17.3. The summed E-state index contributed by atoms with van der Waals surface area (Å²) in [5.74, 6) is 0.440. The maximum Gasteiger partial charge on any atom is 0.417 e. The third-order valence-corrected chi connectivity index (χ3v) is 5.75. The van der Waals surface area contributed by atoms with Gasteiger partial charge >= 0.3 is 12.1 Å². The SMILES string of the molecule is CCCCCCCCCCCCCOC(=O)C(C)Oc1ccc(Oc2ccc(C(F)(F)F)cn2)cc1. The molecule has 0 aliphatic heterocycles. The number of carbonyl (C=O) groups is 1. The molecule has 0 saturated carbocycles. The van der Waals surface area contributed by atoms with Crippen LogP contribution in [-0.4, -0.2) is 23.7 Å². The van der Waals surface area contributed by atoms with E-state index in [1.807, 2.05) is 0 Å². The van der Waals surface area contributed by atoms with Gasteiger partial charge in [-0.05, 0) is 43.7 Å². The second-order valence-electron chi connectivity index (χ2n) is 8.92. The lowest BCUT2D eigenvalue weighted by Crippen LogP contribution is -2.26. The van der Waals surface area contributed by atoms with Crippen molar-refractivity contribution < 1.29 is 32.2 Å². The van der Waals surface area contributed by atoms with Gasteiger partial charge in [0.15, 0.2) is 6.10 Å². The Labute approximate surface area is 212 Å². The maximum absolute atomic E-state index is 12.6. The number of unbranched alkanes of at least 4 members (excludes halogenated alkanes) is 10. The number of pyridine rings is 1. The Bertz CT molecular complexity index is 870. The van der Waals surface area contributed by atoms with Crippen molar-refractivity contribution in [2.24, 2.45) is 0 Å². The average Bonchev–Trinajstić information content (AvgIpc) is 2.85. The van der Waals surface area contributed by atoms with Crippen molar-refractivity contribution in [1.82, 2.24) is 4.98 Å². The number of benzene rings is 1. The van der Waals surface area contributed by atoms with E-state index < -0.39 is 23.8 Å². The van der Waals surface area contributed by atoms with E-state index in [1.165, 1.54) is 51.4 Å². The molecule has 1 atom stereocenters. The molecular formula is C28H38F3NO4. The first-order valence-corrected chi connectivity index (χ1v) is 12.9. The smallest absolute Gasteiger partial charge is 0.417 e. The summed E-state index contributed by atoms with van der Waals surface area (Å²) in [6.45, 7) is 4.24. The van der Waals surface area contributed by atoms with Gasteiger partial charge in [-0.2, -0.15) is 13.2 Å². The molecule has 8 heteroatoms. The van der Waals surface area contributed by atoms with Gasteiger partial charge in [-0.15, -0.1) is 0 Å². The van der Waals surface area contributed by atoms with Crippen LogP contribution >= 0.6 is 0 Å². The monoisotopic (exact) mass is 509 g/mol. The third kappa shape index (κ3) is 11.8. The minimum absolute atomic E-state index is 0.0380. The van der Waals surface area contributed by atoms with Crippen LogP contribution in [0.2, 0.25) is 0 Å². The van der Waals surface area contributed by atoms with E-state index in [9.17, 15) is 18.0 Å². The van der Waals surface area contributed by atoms with Gasteiger partial charge in [0.25, 0.3) is 0 Å². The number of ether oxygens (including phenoxy) is 3.